The Labute approximate surface area is 179 Å². The van der Waals surface area contributed by atoms with Crippen molar-refractivity contribution < 1.29 is 13.6 Å². The third-order valence-corrected chi connectivity index (χ3v) is 5.74. The molecule has 8 nitrogen and oxygen atoms in total. The number of aromatic nitrogens is 3. The Morgan fingerprint density at radius 1 is 1.19 bits per heavy atom. The molecule has 0 radical (unpaired) electrons. The van der Waals surface area contributed by atoms with Crippen LogP contribution in [0.15, 0.2) is 36.7 Å². The fourth-order valence-corrected chi connectivity index (χ4v) is 3.59. The van der Waals surface area contributed by atoms with Crippen LogP contribution in [0.25, 0.3) is 5.65 Å². The van der Waals surface area contributed by atoms with Crippen molar-refractivity contribution in [1.82, 2.24) is 24.4 Å². The molecular formula is C21H25F2N7O. The normalized spacial score (nSPS) is 15.8. The molecule has 0 unspecified atom stereocenters. The van der Waals surface area contributed by atoms with Gasteiger partial charge in [-0.1, -0.05) is 0 Å². The van der Waals surface area contributed by atoms with Crippen LogP contribution in [-0.4, -0.2) is 70.7 Å². The molecule has 164 valence electrons. The predicted molar refractivity (Wildman–Crippen MR) is 114 cm³/mol. The first-order valence-electron chi connectivity index (χ1n) is 10.1. The Hall–Kier alpha value is -3.27. The smallest absolute Gasteiger partial charge is 0.322 e. The summed E-state index contributed by atoms with van der Waals surface area (Å²) in [5.41, 5.74) is 1.20. The maximum absolute atomic E-state index is 14.2. The zero-order valence-corrected chi connectivity index (χ0v) is 17.7. The summed E-state index contributed by atoms with van der Waals surface area (Å²) in [6.07, 6.45) is 3.27. The molecular weight excluding hydrogens is 404 g/mol. The van der Waals surface area contributed by atoms with Gasteiger partial charge in [-0.05, 0) is 38.2 Å². The number of hydrogen-bond donors (Lipinski definition) is 1. The molecule has 0 saturated carbocycles. The quantitative estimate of drug-likeness (QED) is 0.691. The number of benzene rings is 1. The summed E-state index contributed by atoms with van der Waals surface area (Å²) in [7, 11) is 3.78. The van der Waals surface area contributed by atoms with Crippen molar-refractivity contribution >= 4 is 23.2 Å². The zero-order valence-electron chi connectivity index (χ0n) is 17.7. The molecule has 2 aromatic heterocycles. The van der Waals surface area contributed by atoms with Crippen molar-refractivity contribution in [3.8, 4) is 0 Å². The SMILES string of the molecule is C[C@H](c1cc(F)ccc1F)N(C)c1ccn2ncc(NC(=O)N3CCN(C)CC3)c2n1. The lowest BCUT2D eigenvalue weighted by molar-refractivity contribution is 0.164. The van der Waals surface area contributed by atoms with E-state index < -0.39 is 17.7 Å². The molecule has 4 rings (SSSR count). The standard InChI is InChI=1S/C21H25F2N7O/c1-14(16-12-15(22)4-5-17(16)23)28(3)19-6-7-30-20(26-19)18(13-24-30)25-21(31)29-10-8-27(2)9-11-29/h4-7,12-14H,8-11H2,1-3H3,(H,25,31)/t14-/m1/s1. The van der Waals surface area contributed by atoms with E-state index in [0.29, 0.717) is 30.2 Å². The highest BCUT2D eigenvalue weighted by atomic mass is 19.1. The molecule has 3 heterocycles. The van der Waals surface area contributed by atoms with Gasteiger partial charge in [0.1, 0.15) is 23.1 Å². The van der Waals surface area contributed by atoms with Gasteiger partial charge in [0.2, 0.25) is 0 Å². The summed E-state index contributed by atoms with van der Waals surface area (Å²) in [6, 6.07) is 4.48. The van der Waals surface area contributed by atoms with Crippen LogP contribution in [0.2, 0.25) is 0 Å². The molecule has 1 aliphatic heterocycles. The third kappa shape index (κ3) is 4.29. The predicted octanol–water partition coefficient (Wildman–Crippen LogP) is 2.98. The number of nitrogens with one attached hydrogen (secondary N) is 1. The van der Waals surface area contributed by atoms with Gasteiger partial charge in [-0.15, -0.1) is 0 Å². The average molecular weight is 429 g/mol. The van der Waals surface area contributed by atoms with Crippen LogP contribution in [-0.2, 0) is 0 Å². The van der Waals surface area contributed by atoms with Gasteiger partial charge in [0.25, 0.3) is 0 Å². The van der Waals surface area contributed by atoms with Crippen LogP contribution in [0.5, 0.6) is 0 Å². The topological polar surface area (TPSA) is 69.0 Å². The first kappa shape index (κ1) is 21.0. The molecule has 2 amide bonds. The molecule has 31 heavy (non-hydrogen) atoms. The number of anilines is 2. The zero-order chi connectivity index (χ0) is 22.1. The van der Waals surface area contributed by atoms with E-state index in [1.807, 2.05) is 7.05 Å². The molecule has 1 fully saturated rings. The average Bonchev–Trinajstić information content (AvgIpc) is 3.16. The second kappa shape index (κ2) is 8.46. The summed E-state index contributed by atoms with van der Waals surface area (Å²) in [5.74, 6) is -0.435. The van der Waals surface area contributed by atoms with Gasteiger partial charge in [0, 0.05) is 45.0 Å². The Bertz CT molecular complexity index is 1090. The van der Waals surface area contributed by atoms with E-state index in [1.54, 1.807) is 46.7 Å². The Kier molecular flexibility index (Phi) is 5.73. The molecule has 1 aliphatic rings. The van der Waals surface area contributed by atoms with Crippen molar-refractivity contribution in [3.63, 3.8) is 0 Å². The van der Waals surface area contributed by atoms with Crippen molar-refractivity contribution in [2.45, 2.75) is 13.0 Å². The fourth-order valence-electron chi connectivity index (χ4n) is 3.59. The van der Waals surface area contributed by atoms with Gasteiger partial charge in [0.05, 0.1) is 12.2 Å². The minimum absolute atomic E-state index is 0.196. The number of likely N-dealkylation sites (N-methyl/N-ethyl adjacent to an activating group) is 1. The maximum Gasteiger partial charge on any atom is 0.322 e. The van der Waals surface area contributed by atoms with Crippen molar-refractivity contribution in [2.24, 2.45) is 0 Å². The highest BCUT2D eigenvalue weighted by molar-refractivity contribution is 5.93. The van der Waals surface area contributed by atoms with Crippen LogP contribution in [0.4, 0.5) is 25.1 Å². The lowest BCUT2D eigenvalue weighted by Crippen LogP contribution is -2.48. The minimum Gasteiger partial charge on any atom is -0.353 e. The summed E-state index contributed by atoms with van der Waals surface area (Å²) in [5, 5.41) is 7.13. The highest BCUT2D eigenvalue weighted by Crippen LogP contribution is 2.27. The van der Waals surface area contributed by atoms with Gasteiger partial charge < -0.3 is 20.0 Å². The number of piperazine rings is 1. The number of halogens is 2. The Morgan fingerprint density at radius 2 is 1.94 bits per heavy atom. The second-order valence-electron chi connectivity index (χ2n) is 7.79. The van der Waals surface area contributed by atoms with E-state index in [0.717, 1.165) is 25.2 Å². The number of urea groups is 1. The number of carbonyl (C=O) groups is 1. The van der Waals surface area contributed by atoms with Crippen LogP contribution < -0.4 is 10.2 Å². The highest BCUT2D eigenvalue weighted by Gasteiger charge is 2.22. The number of rotatable bonds is 4. The third-order valence-electron chi connectivity index (χ3n) is 5.74. The van der Waals surface area contributed by atoms with E-state index in [9.17, 15) is 13.6 Å². The summed E-state index contributed by atoms with van der Waals surface area (Å²) in [4.78, 5) is 22.9. The van der Waals surface area contributed by atoms with Crippen LogP contribution >= 0.6 is 0 Å². The molecule has 1 aromatic carbocycles. The van der Waals surface area contributed by atoms with E-state index in [2.05, 4.69) is 20.3 Å². The first-order valence-corrected chi connectivity index (χ1v) is 10.1. The van der Waals surface area contributed by atoms with E-state index in [-0.39, 0.29) is 11.6 Å². The van der Waals surface area contributed by atoms with Gasteiger partial charge in [-0.25, -0.2) is 23.1 Å². The van der Waals surface area contributed by atoms with Crippen molar-refractivity contribution in [2.75, 3.05) is 50.5 Å². The van der Waals surface area contributed by atoms with Gasteiger partial charge >= 0.3 is 6.03 Å². The Morgan fingerprint density at radius 3 is 2.68 bits per heavy atom. The first-order chi connectivity index (χ1) is 14.8. The number of amides is 2. The van der Waals surface area contributed by atoms with E-state index >= 15 is 0 Å². The van der Waals surface area contributed by atoms with Crippen LogP contribution in [0.1, 0.15) is 18.5 Å². The molecule has 1 N–H and O–H groups in total. The van der Waals surface area contributed by atoms with Gasteiger partial charge in [-0.2, -0.15) is 5.10 Å². The summed E-state index contributed by atoms with van der Waals surface area (Å²) >= 11 is 0. The summed E-state index contributed by atoms with van der Waals surface area (Å²) < 4.78 is 29.4. The molecule has 1 atom stereocenters. The van der Waals surface area contributed by atoms with E-state index in [4.69, 9.17) is 0 Å². The lowest BCUT2D eigenvalue weighted by Gasteiger charge is -2.32. The van der Waals surface area contributed by atoms with Crippen molar-refractivity contribution in [3.05, 3.63) is 53.9 Å². The minimum atomic E-state index is -0.496. The fraction of sp³-hybridized carbons (Fsp3) is 0.381. The maximum atomic E-state index is 14.2. The van der Waals surface area contributed by atoms with Crippen molar-refractivity contribution in [1.29, 1.82) is 0 Å². The molecule has 0 aliphatic carbocycles. The van der Waals surface area contributed by atoms with Crippen LogP contribution in [0, 0.1) is 11.6 Å². The number of nitrogens with zero attached hydrogens (tertiary/aromatic N) is 6. The molecule has 0 bridgehead atoms. The molecule has 0 spiro atoms. The molecule has 10 heteroatoms. The summed E-state index contributed by atoms with van der Waals surface area (Å²) in [6.45, 7) is 4.73. The van der Waals surface area contributed by atoms with Gasteiger partial charge in [0.15, 0.2) is 5.65 Å². The Balaban J connectivity index is 1.56. The lowest BCUT2D eigenvalue weighted by atomic mass is 10.1. The van der Waals surface area contributed by atoms with Crippen LogP contribution in [0.3, 0.4) is 0 Å². The molecule has 3 aromatic rings. The number of fused-ring (bicyclic) bond motifs is 1. The largest absolute Gasteiger partial charge is 0.353 e. The second-order valence-corrected chi connectivity index (χ2v) is 7.79. The number of hydrogen-bond acceptors (Lipinski definition) is 5. The monoisotopic (exact) mass is 429 g/mol. The molecule has 1 saturated heterocycles. The number of carbonyl (C=O) groups excluding carboxylic acids is 1. The van der Waals surface area contributed by atoms with Gasteiger partial charge in [-0.3, -0.25) is 0 Å². The van der Waals surface area contributed by atoms with E-state index in [1.165, 1.54) is 6.07 Å².